The molecule has 0 aliphatic carbocycles. The molecule has 0 aliphatic heterocycles. The zero-order valence-electron chi connectivity index (χ0n) is 12.1. The molecule has 102 valence electrons. The van der Waals surface area contributed by atoms with E-state index in [1.807, 2.05) is 44.3 Å². The van der Waals surface area contributed by atoms with E-state index in [9.17, 15) is 0 Å². The molecule has 2 rings (SSSR count). The number of aryl methyl sites for hydroxylation is 2. The molecule has 0 fully saturated rings. The Morgan fingerprint density at radius 3 is 2.75 bits per heavy atom. The monoisotopic (exact) mass is 266 g/mol. The number of benzene rings is 1. The summed E-state index contributed by atoms with van der Waals surface area (Å²) in [6.07, 6.45) is 0.897. The fraction of sp³-hybridized carbons (Fsp3) is 0.312. The van der Waals surface area contributed by atoms with Gasteiger partial charge in [-0.2, -0.15) is 5.26 Å². The van der Waals surface area contributed by atoms with Crippen molar-refractivity contribution in [2.75, 3.05) is 11.9 Å². The Balaban J connectivity index is 2.21. The zero-order valence-corrected chi connectivity index (χ0v) is 12.1. The minimum absolute atomic E-state index is 0.684. The van der Waals surface area contributed by atoms with Crippen molar-refractivity contribution < 1.29 is 0 Å². The number of nitrogens with zero attached hydrogens (tertiary/aromatic N) is 4. The first-order valence-corrected chi connectivity index (χ1v) is 6.67. The van der Waals surface area contributed by atoms with Crippen molar-refractivity contribution >= 4 is 5.82 Å². The van der Waals surface area contributed by atoms with E-state index in [2.05, 4.69) is 27.9 Å². The van der Waals surface area contributed by atoms with E-state index in [4.69, 9.17) is 5.26 Å². The van der Waals surface area contributed by atoms with E-state index < -0.39 is 0 Å². The number of anilines is 1. The van der Waals surface area contributed by atoms with Gasteiger partial charge in [0.05, 0.1) is 11.6 Å². The molecule has 0 saturated carbocycles. The van der Waals surface area contributed by atoms with Crippen molar-refractivity contribution in [1.29, 1.82) is 5.26 Å². The van der Waals surface area contributed by atoms with Crippen LogP contribution in [-0.2, 0) is 13.0 Å². The smallest absolute Gasteiger partial charge is 0.132 e. The first-order valence-electron chi connectivity index (χ1n) is 6.67. The molecule has 0 N–H and O–H groups in total. The molecule has 1 aromatic carbocycles. The average molecular weight is 266 g/mol. The van der Waals surface area contributed by atoms with Crippen LogP contribution in [0.4, 0.5) is 5.82 Å². The summed E-state index contributed by atoms with van der Waals surface area (Å²) in [5, 5.41) is 8.93. The summed E-state index contributed by atoms with van der Waals surface area (Å²) in [6, 6.07) is 11.8. The summed E-state index contributed by atoms with van der Waals surface area (Å²) in [6.45, 7) is 4.71. The Hall–Kier alpha value is -2.41. The molecular formula is C16H18N4. The number of aromatic nitrogens is 2. The minimum Gasteiger partial charge on any atom is -0.355 e. The van der Waals surface area contributed by atoms with Crippen molar-refractivity contribution in [2.45, 2.75) is 26.8 Å². The highest BCUT2D eigenvalue weighted by molar-refractivity contribution is 5.41. The quantitative estimate of drug-likeness (QED) is 0.854. The molecule has 0 radical (unpaired) electrons. The van der Waals surface area contributed by atoms with Crippen molar-refractivity contribution in [3.05, 3.63) is 53.0 Å². The minimum atomic E-state index is 0.684. The van der Waals surface area contributed by atoms with Crippen LogP contribution in [-0.4, -0.2) is 17.0 Å². The molecule has 0 bridgehead atoms. The zero-order chi connectivity index (χ0) is 14.5. The van der Waals surface area contributed by atoms with E-state index in [-0.39, 0.29) is 0 Å². The number of rotatable bonds is 4. The Kier molecular flexibility index (Phi) is 4.31. The van der Waals surface area contributed by atoms with Gasteiger partial charge in [0, 0.05) is 25.4 Å². The molecule has 4 nitrogen and oxygen atoms in total. The highest BCUT2D eigenvalue weighted by Gasteiger charge is 2.07. The van der Waals surface area contributed by atoms with Gasteiger partial charge < -0.3 is 4.90 Å². The maximum Gasteiger partial charge on any atom is 0.132 e. The van der Waals surface area contributed by atoms with Gasteiger partial charge >= 0.3 is 0 Å². The van der Waals surface area contributed by atoms with Gasteiger partial charge in [-0.3, -0.25) is 0 Å². The van der Waals surface area contributed by atoms with Gasteiger partial charge in [-0.1, -0.05) is 19.1 Å². The molecule has 4 heteroatoms. The number of hydrogen-bond donors (Lipinski definition) is 0. The Morgan fingerprint density at radius 1 is 1.25 bits per heavy atom. The lowest BCUT2D eigenvalue weighted by molar-refractivity contribution is 0.861. The number of hydrogen-bond acceptors (Lipinski definition) is 4. The predicted molar refractivity (Wildman–Crippen MR) is 79.4 cm³/mol. The van der Waals surface area contributed by atoms with E-state index in [0.717, 1.165) is 35.9 Å². The van der Waals surface area contributed by atoms with E-state index >= 15 is 0 Å². The van der Waals surface area contributed by atoms with Crippen LogP contribution in [0.15, 0.2) is 30.3 Å². The summed E-state index contributed by atoms with van der Waals surface area (Å²) in [5.74, 6) is 1.70. The summed E-state index contributed by atoms with van der Waals surface area (Å²) in [7, 11) is 2.00. The van der Waals surface area contributed by atoms with E-state index in [0.29, 0.717) is 5.56 Å². The highest BCUT2D eigenvalue weighted by atomic mass is 15.2. The maximum absolute atomic E-state index is 8.93. The second-order valence-corrected chi connectivity index (χ2v) is 4.79. The molecule has 0 saturated heterocycles. The van der Waals surface area contributed by atoms with Crippen LogP contribution in [0.1, 0.15) is 29.6 Å². The third-order valence-electron chi connectivity index (χ3n) is 3.11. The van der Waals surface area contributed by atoms with Crippen LogP contribution in [0, 0.1) is 18.3 Å². The highest BCUT2D eigenvalue weighted by Crippen LogP contribution is 2.15. The van der Waals surface area contributed by atoms with E-state index in [1.54, 1.807) is 0 Å². The normalized spacial score (nSPS) is 10.1. The van der Waals surface area contributed by atoms with Gasteiger partial charge in [-0.05, 0) is 31.0 Å². The van der Waals surface area contributed by atoms with E-state index in [1.165, 1.54) is 0 Å². The molecule has 1 heterocycles. The third-order valence-corrected chi connectivity index (χ3v) is 3.11. The predicted octanol–water partition coefficient (Wildman–Crippen LogP) is 2.86. The van der Waals surface area contributed by atoms with Crippen LogP contribution >= 0.6 is 0 Å². The molecule has 20 heavy (non-hydrogen) atoms. The molecule has 0 spiro atoms. The molecule has 0 unspecified atom stereocenters. The average Bonchev–Trinajstić information content (AvgIpc) is 2.46. The lowest BCUT2D eigenvalue weighted by Gasteiger charge is -2.19. The van der Waals surface area contributed by atoms with Gasteiger partial charge in [-0.15, -0.1) is 0 Å². The summed E-state index contributed by atoms with van der Waals surface area (Å²) in [5.41, 5.74) is 2.83. The van der Waals surface area contributed by atoms with Gasteiger partial charge in [0.25, 0.3) is 0 Å². The third kappa shape index (κ3) is 3.33. The van der Waals surface area contributed by atoms with Crippen LogP contribution in [0.5, 0.6) is 0 Å². The Labute approximate surface area is 119 Å². The molecular weight excluding hydrogens is 248 g/mol. The summed E-state index contributed by atoms with van der Waals surface area (Å²) in [4.78, 5) is 10.9. The fourth-order valence-electron chi connectivity index (χ4n) is 2.08. The van der Waals surface area contributed by atoms with Crippen molar-refractivity contribution in [1.82, 2.24) is 9.97 Å². The first-order chi connectivity index (χ1) is 9.62. The second kappa shape index (κ2) is 6.16. The van der Waals surface area contributed by atoms with Crippen LogP contribution in [0.2, 0.25) is 0 Å². The molecule has 1 aromatic heterocycles. The van der Waals surface area contributed by atoms with Gasteiger partial charge in [0.1, 0.15) is 11.6 Å². The van der Waals surface area contributed by atoms with Crippen molar-refractivity contribution in [3.8, 4) is 6.07 Å². The lowest BCUT2D eigenvalue weighted by Crippen LogP contribution is -2.18. The topological polar surface area (TPSA) is 52.8 Å². The van der Waals surface area contributed by atoms with Gasteiger partial charge in [-0.25, -0.2) is 9.97 Å². The largest absolute Gasteiger partial charge is 0.355 e. The molecule has 0 amide bonds. The lowest BCUT2D eigenvalue weighted by atomic mass is 10.1. The molecule has 2 aromatic rings. The fourth-order valence-corrected chi connectivity index (χ4v) is 2.08. The van der Waals surface area contributed by atoms with Crippen LogP contribution in [0.3, 0.4) is 0 Å². The van der Waals surface area contributed by atoms with Crippen molar-refractivity contribution in [3.63, 3.8) is 0 Å². The summed E-state index contributed by atoms with van der Waals surface area (Å²) < 4.78 is 0. The Bertz CT molecular complexity index is 643. The van der Waals surface area contributed by atoms with Crippen molar-refractivity contribution in [2.24, 2.45) is 0 Å². The maximum atomic E-state index is 8.93. The second-order valence-electron chi connectivity index (χ2n) is 4.79. The van der Waals surface area contributed by atoms with Gasteiger partial charge in [0.2, 0.25) is 0 Å². The Morgan fingerprint density at radius 2 is 2.05 bits per heavy atom. The number of nitriles is 1. The first kappa shape index (κ1) is 14.0. The van der Waals surface area contributed by atoms with Crippen LogP contribution < -0.4 is 4.90 Å². The standard InChI is InChI=1S/C16H18N4/c1-4-15-9-16(19-12(2)18-15)20(3)11-14-7-5-6-13(8-14)10-17/h5-9H,4,11H2,1-3H3. The van der Waals surface area contributed by atoms with Gasteiger partial charge in [0.15, 0.2) is 0 Å². The SMILES string of the molecule is CCc1cc(N(C)Cc2cccc(C#N)c2)nc(C)n1. The molecule has 0 atom stereocenters. The van der Waals surface area contributed by atoms with Crippen LogP contribution in [0.25, 0.3) is 0 Å². The molecule has 0 aliphatic rings. The summed E-state index contributed by atoms with van der Waals surface area (Å²) >= 11 is 0.